The molecule has 26 heavy (non-hydrogen) atoms. The van der Waals surface area contributed by atoms with E-state index in [1.807, 2.05) is 6.07 Å². The van der Waals surface area contributed by atoms with Gasteiger partial charge in [-0.3, -0.25) is 5.14 Å². The van der Waals surface area contributed by atoms with E-state index in [2.05, 4.69) is 12.2 Å². The molecular weight excluding hydrogens is 390 g/mol. The van der Waals surface area contributed by atoms with E-state index in [-0.39, 0.29) is 10.6 Å². The van der Waals surface area contributed by atoms with Crippen LogP contribution in [0.25, 0.3) is 0 Å². The van der Waals surface area contributed by atoms with Gasteiger partial charge in [-0.1, -0.05) is 43.8 Å². The normalized spacial score (nSPS) is 11.2. The van der Waals surface area contributed by atoms with Crippen molar-refractivity contribution >= 4 is 44.1 Å². The molecule has 2 aromatic carbocycles. The van der Waals surface area contributed by atoms with Gasteiger partial charge in [-0.25, -0.2) is 13.6 Å². The second-order valence-corrected chi connectivity index (χ2v) is 8.34. The van der Waals surface area contributed by atoms with Crippen molar-refractivity contribution in [1.29, 1.82) is 0 Å². The van der Waals surface area contributed by atoms with Crippen molar-refractivity contribution < 1.29 is 13.2 Å². The molecule has 0 radical (unpaired) electrons. The van der Waals surface area contributed by atoms with Crippen LogP contribution in [0.4, 0.5) is 5.69 Å². The van der Waals surface area contributed by atoms with Crippen molar-refractivity contribution in [3.8, 4) is 11.5 Å². The first kappa shape index (κ1) is 20.7. The quantitative estimate of drug-likeness (QED) is 0.346. The predicted molar refractivity (Wildman–Crippen MR) is 111 cm³/mol. The molecule has 140 valence electrons. The average molecular weight is 412 g/mol. The third kappa shape index (κ3) is 5.42. The molecule has 0 spiro atoms. The van der Waals surface area contributed by atoms with Crippen molar-refractivity contribution in [2.24, 2.45) is 10.3 Å². The van der Waals surface area contributed by atoms with Crippen molar-refractivity contribution in [2.75, 3.05) is 11.9 Å². The van der Waals surface area contributed by atoms with Crippen molar-refractivity contribution in [1.82, 2.24) is 0 Å². The number of anilines is 1. The van der Waals surface area contributed by atoms with Crippen molar-refractivity contribution in [3.05, 3.63) is 48.0 Å². The van der Waals surface area contributed by atoms with Crippen LogP contribution >= 0.6 is 24.2 Å². The van der Waals surface area contributed by atoms with Crippen LogP contribution < -0.4 is 20.3 Å². The maximum absolute atomic E-state index is 12.2. The van der Waals surface area contributed by atoms with Crippen molar-refractivity contribution in [2.45, 2.75) is 24.7 Å². The molecule has 0 aliphatic carbocycles. The zero-order chi connectivity index (χ0) is 19.2. The van der Waals surface area contributed by atoms with Gasteiger partial charge in [-0.2, -0.15) is 0 Å². The maximum Gasteiger partial charge on any atom is 0.241 e. The molecule has 0 saturated heterocycles. The van der Waals surface area contributed by atoms with Crippen LogP contribution in [0.1, 0.15) is 25.3 Å². The highest BCUT2D eigenvalue weighted by Gasteiger charge is 2.22. The van der Waals surface area contributed by atoms with E-state index in [0.717, 1.165) is 24.8 Å². The van der Waals surface area contributed by atoms with Gasteiger partial charge in [-0.05, 0) is 42.6 Å². The summed E-state index contributed by atoms with van der Waals surface area (Å²) >= 11 is 6.08. The summed E-state index contributed by atoms with van der Waals surface area (Å²) in [6, 6.07) is 12.0. The molecule has 0 fully saturated rings. The zero-order valence-electron chi connectivity index (χ0n) is 14.3. The minimum atomic E-state index is -4.05. The SMILES string of the molecule is CCCCNc1cc(C(=S)SN)cc(S(N)(=O)=O)c1Oc1ccccc1. The fraction of sp³-hybridized carbons (Fsp3) is 0.235. The standard InChI is InChI=1S/C17H21N3O3S3/c1-2-3-9-20-14-10-12(17(24)25-18)11-15(26(19,21)22)16(14)23-13-7-5-4-6-8-13/h4-8,10-11,20H,2-3,9,18H2,1H3,(H2,19,21,22). The first-order valence-corrected chi connectivity index (χ1v) is 10.8. The number of nitrogens with two attached hydrogens (primary N) is 2. The van der Waals surface area contributed by atoms with Gasteiger partial charge in [0.15, 0.2) is 5.75 Å². The fourth-order valence-electron chi connectivity index (χ4n) is 2.24. The van der Waals surface area contributed by atoms with Gasteiger partial charge in [0.05, 0.1) is 9.88 Å². The Labute approximate surface area is 163 Å². The minimum absolute atomic E-state index is 0.142. The maximum atomic E-state index is 12.2. The van der Waals surface area contributed by atoms with Crippen molar-refractivity contribution in [3.63, 3.8) is 0 Å². The summed E-state index contributed by atoms with van der Waals surface area (Å²) in [6.07, 6.45) is 1.90. The number of nitrogens with one attached hydrogen (secondary N) is 1. The van der Waals surface area contributed by atoms with Crippen LogP contribution in [0, 0.1) is 0 Å². The molecule has 0 aliphatic rings. The number of rotatable bonds is 8. The van der Waals surface area contributed by atoms with Gasteiger partial charge in [0, 0.05) is 12.1 Å². The van der Waals surface area contributed by atoms with Crippen LogP contribution in [0.15, 0.2) is 47.4 Å². The summed E-state index contributed by atoms with van der Waals surface area (Å²) < 4.78 is 30.6. The van der Waals surface area contributed by atoms with Gasteiger partial charge in [0.1, 0.15) is 10.6 Å². The van der Waals surface area contributed by atoms with E-state index in [9.17, 15) is 8.42 Å². The third-order valence-corrected chi connectivity index (χ3v) is 5.40. The van der Waals surface area contributed by atoms with Gasteiger partial charge in [0.2, 0.25) is 10.0 Å². The lowest BCUT2D eigenvalue weighted by Gasteiger charge is -2.18. The topological polar surface area (TPSA) is 107 Å². The number of para-hydroxylation sites is 1. The van der Waals surface area contributed by atoms with Crippen LogP contribution in [-0.2, 0) is 10.0 Å². The van der Waals surface area contributed by atoms with E-state index < -0.39 is 10.0 Å². The molecule has 0 aromatic heterocycles. The number of unbranched alkanes of at least 4 members (excludes halogenated alkanes) is 1. The smallest absolute Gasteiger partial charge is 0.241 e. The van der Waals surface area contributed by atoms with E-state index in [4.69, 9.17) is 27.2 Å². The molecule has 6 nitrogen and oxygen atoms in total. The molecular formula is C17H21N3O3S3. The summed E-state index contributed by atoms with van der Waals surface area (Å²) in [5, 5.41) is 14.2. The molecule has 2 rings (SSSR count). The second kappa shape index (κ2) is 9.33. The van der Waals surface area contributed by atoms with Crippen LogP contribution in [-0.4, -0.2) is 19.2 Å². The van der Waals surface area contributed by atoms with Gasteiger partial charge < -0.3 is 10.1 Å². The Morgan fingerprint density at radius 1 is 1.27 bits per heavy atom. The summed E-state index contributed by atoms with van der Waals surface area (Å²) in [5.41, 5.74) is 0.996. The third-order valence-electron chi connectivity index (χ3n) is 3.51. The molecule has 2 aromatic rings. The van der Waals surface area contributed by atoms with Crippen LogP contribution in [0.5, 0.6) is 11.5 Å². The van der Waals surface area contributed by atoms with Gasteiger partial charge in [0.25, 0.3) is 0 Å². The molecule has 0 amide bonds. The fourth-order valence-corrected chi connectivity index (χ4v) is 3.32. The predicted octanol–water partition coefficient (Wildman–Crippen LogP) is 3.62. The Morgan fingerprint density at radius 3 is 2.54 bits per heavy atom. The van der Waals surface area contributed by atoms with Crippen LogP contribution in [0.2, 0.25) is 0 Å². The Hall–Kier alpha value is -1.65. The van der Waals surface area contributed by atoms with E-state index >= 15 is 0 Å². The first-order valence-electron chi connectivity index (χ1n) is 7.95. The molecule has 9 heteroatoms. The number of ether oxygens (including phenoxy) is 1. The average Bonchev–Trinajstić information content (AvgIpc) is 2.62. The lowest BCUT2D eigenvalue weighted by molar-refractivity contribution is 0.469. The highest BCUT2D eigenvalue weighted by atomic mass is 32.2. The van der Waals surface area contributed by atoms with Gasteiger partial charge >= 0.3 is 0 Å². The molecule has 0 aliphatic heterocycles. The highest BCUT2D eigenvalue weighted by molar-refractivity contribution is 8.22. The monoisotopic (exact) mass is 411 g/mol. The number of hydrogen-bond donors (Lipinski definition) is 3. The van der Waals surface area contributed by atoms with E-state index in [1.54, 1.807) is 30.3 Å². The molecule has 0 heterocycles. The molecule has 0 atom stereocenters. The van der Waals surface area contributed by atoms with Crippen LogP contribution in [0.3, 0.4) is 0 Å². The first-order chi connectivity index (χ1) is 12.4. The minimum Gasteiger partial charge on any atom is -0.454 e. The zero-order valence-corrected chi connectivity index (χ0v) is 16.7. The molecule has 0 saturated carbocycles. The lowest BCUT2D eigenvalue weighted by atomic mass is 10.2. The summed E-state index contributed by atoms with van der Waals surface area (Å²) in [7, 11) is -4.05. The van der Waals surface area contributed by atoms with Gasteiger partial charge in [-0.15, -0.1) is 0 Å². The summed E-state index contributed by atoms with van der Waals surface area (Å²) in [5.74, 6) is 0.642. The number of thiocarbonyl (C=S) groups is 1. The molecule has 5 N–H and O–H groups in total. The van der Waals surface area contributed by atoms with E-state index in [0.29, 0.717) is 27.7 Å². The molecule has 0 bridgehead atoms. The number of sulfonamides is 1. The summed E-state index contributed by atoms with van der Waals surface area (Å²) in [4.78, 5) is -0.144. The second-order valence-electron chi connectivity index (χ2n) is 5.50. The Balaban J connectivity index is 2.60. The lowest BCUT2D eigenvalue weighted by Crippen LogP contribution is -2.16. The molecule has 0 unspecified atom stereocenters. The number of benzene rings is 2. The summed E-state index contributed by atoms with van der Waals surface area (Å²) in [6.45, 7) is 2.72. The Bertz CT molecular complexity index is 872. The highest BCUT2D eigenvalue weighted by Crippen LogP contribution is 2.37. The number of hydrogen-bond acceptors (Lipinski definition) is 7. The Morgan fingerprint density at radius 2 is 1.96 bits per heavy atom. The Kier molecular flexibility index (Phi) is 7.42. The number of primary sulfonamides is 1. The largest absolute Gasteiger partial charge is 0.454 e. The van der Waals surface area contributed by atoms with E-state index in [1.165, 1.54) is 6.07 Å².